The quantitative estimate of drug-likeness (QED) is 0.569. The molecule has 0 radical (unpaired) electrons. The lowest BCUT2D eigenvalue weighted by Gasteiger charge is -2.38. The number of halogens is 1. The topological polar surface area (TPSA) is 58.7 Å². The van der Waals surface area contributed by atoms with Crippen LogP contribution < -0.4 is 0 Å². The molecule has 1 aliphatic rings. The van der Waals surface area contributed by atoms with Gasteiger partial charge in [-0.15, -0.1) is 0 Å². The number of furan rings is 1. The Morgan fingerprint density at radius 3 is 2.58 bits per heavy atom. The first kappa shape index (κ1) is 21.2. The van der Waals surface area contributed by atoms with Crippen molar-refractivity contribution < 1.29 is 14.0 Å². The number of hydrogen-bond acceptors (Lipinski definition) is 3. The van der Waals surface area contributed by atoms with Gasteiger partial charge in [0.2, 0.25) is 5.91 Å². The van der Waals surface area contributed by atoms with Crippen LogP contribution in [0.4, 0.5) is 0 Å². The minimum Gasteiger partial charge on any atom is -0.459 e. The Hall–Kier alpha value is -2.99. The predicted octanol–water partition coefficient (Wildman–Crippen LogP) is 4.46. The standard InChI is InChI=1S/C24H26ClN3O3/c1-17(2)15-27(24(30)21-6-4-14-31-21)16-22(29)28-13-12-26-11-3-5-20(26)23(28)18-7-9-19(25)10-8-18/h3-11,14,17,23H,12-13,15-16H2,1-2H3. The van der Waals surface area contributed by atoms with Gasteiger partial charge < -0.3 is 18.8 Å². The highest BCUT2D eigenvalue weighted by Crippen LogP contribution is 2.33. The molecule has 2 aromatic heterocycles. The lowest BCUT2D eigenvalue weighted by Crippen LogP contribution is -2.48. The Morgan fingerprint density at radius 1 is 1.13 bits per heavy atom. The predicted molar refractivity (Wildman–Crippen MR) is 119 cm³/mol. The van der Waals surface area contributed by atoms with Gasteiger partial charge in [0.1, 0.15) is 6.54 Å². The summed E-state index contributed by atoms with van der Waals surface area (Å²) in [5.41, 5.74) is 2.04. The van der Waals surface area contributed by atoms with Crippen molar-refractivity contribution in [3.05, 3.63) is 83.0 Å². The number of carbonyl (C=O) groups is 2. The fraction of sp³-hybridized carbons (Fsp3) is 0.333. The highest BCUT2D eigenvalue weighted by atomic mass is 35.5. The van der Waals surface area contributed by atoms with Crippen LogP contribution in [-0.4, -0.2) is 45.8 Å². The van der Waals surface area contributed by atoms with Crippen LogP contribution in [0.3, 0.4) is 0 Å². The van der Waals surface area contributed by atoms with Gasteiger partial charge >= 0.3 is 0 Å². The van der Waals surface area contributed by atoms with Crippen LogP contribution in [0.25, 0.3) is 0 Å². The van der Waals surface area contributed by atoms with Gasteiger partial charge in [-0.2, -0.15) is 0 Å². The van der Waals surface area contributed by atoms with Gasteiger partial charge in [0, 0.05) is 36.5 Å². The van der Waals surface area contributed by atoms with E-state index in [-0.39, 0.29) is 36.1 Å². The fourth-order valence-corrected chi connectivity index (χ4v) is 4.24. The number of carbonyl (C=O) groups excluding carboxylic acids is 2. The molecule has 4 rings (SSSR count). The summed E-state index contributed by atoms with van der Waals surface area (Å²) in [6, 6.07) is 14.7. The van der Waals surface area contributed by atoms with Crippen LogP contribution in [-0.2, 0) is 11.3 Å². The van der Waals surface area contributed by atoms with Gasteiger partial charge in [-0.1, -0.05) is 37.6 Å². The lowest BCUT2D eigenvalue weighted by molar-refractivity contribution is -0.134. The Bertz CT molecular complexity index is 1040. The van der Waals surface area contributed by atoms with E-state index < -0.39 is 0 Å². The van der Waals surface area contributed by atoms with E-state index in [9.17, 15) is 9.59 Å². The summed E-state index contributed by atoms with van der Waals surface area (Å²) in [6.45, 7) is 5.81. The summed E-state index contributed by atoms with van der Waals surface area (Å²) in [5, 5.41) is 0.653. The van der Waals surface area contributed by atoms with Crippen molar-refractivity contribution in [1.29, 1.82) is 0 Å². The third-order valence-electron chi connectivity index (χ3n) is 5.48. The fourth-order valence-electron chi connectivity index (χ4n) is 4.12. The highest BCUT2D eigenvalue weighted by molar-refractivity contribution is 6.30. The largest absolute Gasteiger partial charge is 0.459 e. The zero-order valence-electron chi connectivity index (χ0n) is 17.7. The monoisotopic (exact) mass is 439 g/mol. The van der Waals surface area contributed by atoms with Crippen LogP contribution in [0.15, 0.2) is 65.4 Å². The average molecular weight is 440 g/mol. The SMILES string of the molecule is CC(C)CN(CC(=O)N1CCn2cccc2C1c1ccc(Cl)cc1)C(=O)c1ccco1. The van der Waals surface area contributed by atoms with Crippen LogP contribution in [0.2, 0.25) is 5.02 Å². The molecule has 3 aromatic rings. The zero-order chi connectivity index (χ0) is 22.0. The van der Waals surface area contributed by atoms with Gasteiger partial charge in [-0.3, -0.25) is 9.59 Å². The summed E-state index contributed by atoms with van der Waals surface area (Å²) in [5.74, 6) is 0.107. The minimum atomic E-state index is -0.268. The molecule has 0 saturated carbocycles. The number of fused-ring (bicyclic) bond motifs is 1. The van der Waals surface area contributed by atoms with E-state index in [2.05, 4.69) is 4.57 Å². The van der Waals surface area contributed by atoms with Crippen molar-refractivity contribution in [2.24, 2.45) is 5.92 Å². The van der Waals surface area contributed by atoms with E-state index in [1.54, 1.807) is 17.0 Å². The second-order valence-corrected chi connectivity index (χ2v) is 8.66. The summed E-state index contributed by atoms with van der Waals surface area (Å²) in [7, 11) is 0. The van der Waals surface area contributed by atoms with Gasteiger partial charge in [-0.05, 0) is 47.9 Å². The molecule has 0 bridgehead atoms. The van der Waals surface area contributed by atoms with E-state index in [0.29, 0.717) is 24.7 Å². The molecule has 3 heterocycles. The molecule has 0 aliphatic carbocycles. The summed E-state index contributed by atoms with van der Waals surface area (Å²) >= 11 is 6.09. The molecule has 0 spiro atoms. The summed E-state index contributed by atoms with van der Waals surface area (Å²) in [6.07, 6.45) is 3.50. The third kappa shape index (κ3) is 4.54. The van der Waals surface area contributed by atoms with Crippen molar-refractivity contribution in [3.63, 3.8) is 0 Å². The normalized spacial score (nSPS) is 15.7. The molecule has 31 heavy (non-hydrogen) atoms. The van der Waals surface area contributed by atoms with Crippen LogP contribution in [0, 0.1) is 5.92 Å². The van der Waals surface area contributed by atoms with E-state index in [1.165, 1.54) is 6.26 Å². The Morgan fingerprint density at radius 2 is 1.90 bits per heavy atom. The third-order valence-corrected chi connectivity index (χ3v) is 5.73. The zero-order valence-corrected chi connectivity index (χ0v) is 18.5. The van der Waals surface area contributed by atoms with Crippen LogP contribution in [0.1, 0.15) is 41.7 Å². The van der Waals surface area contributed by atoms with E-state index >= 15 is 0 Å². The first-order valence-corrected chi connectivity index (χ1v) is 10.8. The van der Waals surface area contributed by atoms with Crippen molar-refractivity contribution >= 4 is 23.4 Å². The van der Waals surface area contributed by atoms with E-state index in [4.69, 9.17) is 16.0 Å². The molecule has 2 amide bonds. The first-order valence-electron chi connectivity index (χ1n) is 10.5. The van der Waals surface area contributed by atoms with E-state index in [0.717, 1.165) is 11.3 Å². The summed E-state index contributed by atoms with van der Waals surface area (Å²) < 4.78 is 7.46. The first-order chi connectivity index (χ1) is 14.9. The second-order valence-electron chi connectivity index (χ2n) is 8.22. The summed E-state index contributed by atoms with van der Waals surface area (Å²) in [4.78, 5) is 29.9. The molecule has 0 fully saturated rings. The second kappa shape index (κ2) is 9.02. The van der Waals surface area contributed by atoms with Crippen molar-refractivity contribution in [2.75, 3.05) is 19.6 Å². The molecular formula is C24H26ClN3O3. The number of rotatable bonds is 6. The minimum absolute atomic E-state index is 0.00249. The molecule has 0 saturated heterocycles. The highest BCUT2D eigenvalue weighted by Gasteiger charge is 2.34. The number of nitrogens with zero attached hydrogens (tertiary/aromatic N) is 3. The average Bonchev–Trinajstić information content (AvgIpc) is 3.44. The van der Waals surface area contributed by atoms with Gasteiger partial charge in [0.15, 0.2) is 5.76 Å². The molecule has 1 atom stereocenters. The van der Waals surface area contributed by atoms with Gasteiger partial charge in [-0.25, -0.2) is 0 Å². The van der Waals surface area contributed by atoms with Crippen LogP contribution in [0.5, 0.6) is 0 Å². The molecular weight excluding hydrogens is 414 g/mol. The van der Waals surface area contributed by atoms with E-state index in [1.807, 2.05) is 61.3 Å². The van der Waals surface area contributed by atoms with Crippen molar-refractivity contribution in [2.45, 2.75) is 26.4 Å². The smallest absolute Gasteiger partial charge is 0.290 e. The number of benzene rings is 1. The Labute approximate surface area is 187 Å². The molecule has 7 heteroatoms. The maximum atomic E-state index is 13.5. The Kier molecular flexibility index (Phi) is 6.18. The van der Waals surface area contributed by atoms with Crippen molar-refractivity contribution in [1.82, 2.24) is 14.4 Å². The molecule has 1 unspecified atom stereocenters. The molecule has 162 valence electrons. The number of aromatic nitrogens is 1. The van der Waals surface area contributed by atoms with Gasteiger partial charge in [0.05, 0.1) is 12.3 Å². The number of hydrogen-bond donors (Lipinski definition) is 0. The maximum absolute atomic E-state index is 13.5. The lowest BCUT2D eigenvalue weighted by atomic mass is 9.99. The maximum Gasteiger partial charge on any atom is 0.290 e. The van der Waals surface area contributed by atoms with Crippen molar-refractivity contribution in [3.8, 4) is 0 Å². The molecule has 1 aromatic carbocycles. The molecule has 0 N–H and O–H groups in total. The molecule has 6 nitrogen and oxygen atoms in total. The number of amides is 2. The Balaban J connectivity index is 1.62. The molecule has 1 aliphatic heterocycles. The van der Waals surface area contributed by atoms with Crippen LogP contribution >= 0.6 is 11.6 Å². The van der Waals surface area contributed by atoms with Gasteiger partial charge in [0.25, 0.3) is 5.91 Å².